The van der Waals surface area contributed by atoms with Gasteiger partial charge in [-0.1, -0.05) is 0 Å². The van der Waals surface area contributed by atoms with Gasteiger partial charge in [-0.3, -0.25) is 9.29 Å². The molecule has 0 saturated heterocycles. The molecular weight excluding hydrogens is 347 g/mol. The molecule has 1 aromatic heterocycles. The van der Waals surface area contributed by atoms with Crippen LogP contribution in [0.3, 0.4) is 0 Å². The molecule has 0 fully saturated rings. The first-order valence-corrected chi connectivity index (χ1v) is 9.19. The van der Waals surface area contributed by atoms with Crippen molar-refractivity contribution in [3.8, 4) is 0 Å². The number of ether oxygens (including phenoxy) is 1. The Morgan fingerprint density at radius 1 is 1.28 bits per heavy atom. The molecular formula is C17H19FN2O4S. The summed E-state index contributed by atoms with van der Waals surface area (Å²) in [4.78, 5) is 15.6. The lowest BCUT2D eigenvalue weighted by Gasteiger charge is -2.24. The van der Waals surface area contributed by atoms with E-state index in [1.54, 1.807) is 13.0 Å². The number of hydrogen-bond acceptors (Lipinski definition) is 5. The third-order valence-corrected chi connectivity index (χ3v) is 5.42. The summed E-state index contributed by atoms with van der Waals surface area (Å²) in [5.74, 6) is -1.03. The number of rotatable bonds is 6. The van der Waals surface area contributed by atoms with Gasteiger partial charge in [0.1, 0.15) is 5.82 Å². The third kappa shape index (κ3) is 4.33. The summed E-state index contributed by atoms with van der Waals surface area (Å²) < 4.78 is 44.2. The van der Waals surface area contributed by atoms with Crippen LogP contribution in [0.25, 0.3) is 0 Å². The first-order chi connectivity index (χ1) is 11.8. The van der Waals surface area contributed by atoms with E-state index in [2.05, 4.69) is 9.72 Å². The van der Waals surface area contributed by atoms with Crippen LogP contribution >= 0.6 is 0 Å². The fourth-order valence-corrected chi connectivity index (χ4v) is 3.27. The van der Waals surface area contributed by atoms with Crippen molar-refractivity contribution in [3.05, 3.63) is 59.2 Å². The summed E-state index contributed by atoms with van der Waals surface area (Å²) in [5, 5.41) is 0. The average molecular weight is 366 g/mol. The summed E-state index contributed by atoms with van der Waals surface area (Å²) >= 11 is 0. The van der Waals surface area contributed by atoms with Crippen molar-refractivity contribution in [1.29, 1.82) is 0 Å². The van der Waals surface area contributed by atoms with Gasteiger partial charge in [-0.05, 0) is 49.7 Å². The van der Waals surface area contributed by atoms with Crippen LogP contribution in [0.4, 0.5) is 10.1 Å². The highest BCUT2D eigenvalue weighted by molar-refractivity contribution is 7.92. The molecule has 0 aliphatic carbocycles. The number of aryl methyl sites for hydroxylation is 1. The van der Waals surface area contributed by atoms with Crippen molar-refractivity contribution < 1.29 is 22.3 Å². The number of aromatic nitrogens is 1. The number of pyridine rings is 1. The van der Waals surface area contributed by atoms with Crippen molar-refractivity contribution in [2.24, 2.45) is 0 Å². The van der Waals surface area contributed by atoms with Gasteiger partial charge >= 0.3 is 5.97 Å². The molecule has 0 saturated carbocycles. The van der Waals surface area contributed by atoms with E-state index >= 15 is 0 Å². The quantitative estimate of drug-likeness (QED) is 0.735. The summed E-state index contributed by atoms with van der Waals surface area (Å²) in [6.45, 7) is 3.08. The number of nitrogens with zero attached hydrogens (tertiary/aromatic N) is 2. The predicted octanol–water partition coefficient (Wildman–Crippen LogP) is 2.67. The number of carbonyl (C=O) groups excluding carboxylic acids is 1. The van der Waals surface area contributed by atoms with Crippen molar-refractivity contribution in [2.75, 3.05) is 17.2 Å². The SMILES string of the molecule is CCS(=O)(=O)N(Cc1ccc(C(=O)OC)cn1)c1ccc(F)c(C)c1. The van der Waals surface area contributed by atoms with E-state index in [-0.39, 0.29) is 17.9 Å². The Labute approximate surface area is 146 Å². The number of methoxy groups -OCH3 is 1. The minimum atomic E-state index is -3.59. The normalized spacial score (nSPS) is 11.2. The van der Waals surface area contributed by atoms with Crippen molar-refractivity contribution in [1.82, 2.24) is 4.98 Å². The lowest BCUT2D eigenvalue weighted by atomic mass is 10.2. The van der Waals surface area contributed by atoms with Crippen LogP contribution in [-0.4, -0.2) is 32.2 Å². The number of carbonyl (C=O) groups is 1. The second kappa shape index (κ2) is 7.60. The van der Waals surface area contributed by atoms with Gasteiger partial charge in [-0.2, -0.15) is 0 Å². The van der Waals surface area contributed by atoms with Crippen molar-refractivity contribution >= 4 is 21.7 Å². The van der Waals surface area contributed by atoms with Gasteiger partial charge < -0.3 is 4.74 Å². The molecule has 1 aromatic carbocycles. The molecule has 0 bridgehead atoms. The van der Waals surface area contributed by atoms with Crippen LogP contribution in [0.2, 0.25) is 0 Å². The zero-order valence-electron chi connectivity index (χ0n) is 14.2. The van der Waals surface area contributed by atoms with Gasteiger partial charge in [0.25, 0.3) is 0 Å². The van der Waals surface area contributed by atoms with Gasteiger partial charge in [-0.15, -0.1) is 0 Å². The Morgan fingerprint density at radius 3 is 2.52 bits per heavy atom. The fourth-order valence-electron chi connectivity index (χ4n) is 2.19. The van der Waals surface area contributed by atoms with E-state index in [1.807, 2.05) is 0 Å². The molecule has 0 radical (unpaired) electrons. The Kier molecular flexibility index (Phi) is 5.73. The highest BCUT2D eigenvalue weighted by atomic mass is 32.2. The van der Waals surface area contributed by atoms with Crippen molar-refractivity contribution in [3.63, 3.8) is 0 Å². The molecule has 8 heteroatoms. The number of esters is 1. The van der Waals surface area contributed by atoms with Gasteiger partial charge in [-0.25, -0.2) is 17.6 Å². The summed E-state index contributed by atoms with van der Waals surface area (Å²) in [6, 6.07) is 7.20. The van der Waals surface area contributed by atoms with Gasteiger partial charge in [0.2, 0.25) is 10.0 Å². The van der Waals surface area contributed by atoms with Crippen LogP contribution in [0.5, 0.6) is 0 Å². The zero-order chi connectivity index (χ0) is 18.6. The molecule has 0 aliphatic heterocycles. The van der Waals surface area contributed by atoms with Crippen LogP contribution in [0.15, 0.2) is 36.5 Å². The lowest BCUT2D eigenvalue weighted by molar-refractivity contribution is 0.0600. The Balaban J connectivity index is 2.37. The second-order valence-electron chi connectivity index (χ2n) is 5.37. The van der Waals surface area contributed by atoms with Gasteiger partial charge in [0.15, 0.2) is 0 Å². The number of sulfonamides is 1. The molecule has 0 N–H and O–H groups in total. The molecule has 2 aromatic rings. The van der Waals surface area contributed by atoms with E-state index in [1.165, 1.54) is 48.8 Å². The number of halogens is 1. The van der Waals surface area contributed by atoms with Crippen LogP contribution < -0.4 is 4.31 Å². The minimum Gasteiger partial charge on any atom is -0.465 e. The highest BCUT2D eigenvalue weighted by Crippen LogP contribution is 2.23. The Hall–Kier alpha value is -2.48. The van der Waals surface area contributed by atoms with Gasteiger partial charge in [0, 0.05) is 6.20 Å². The maximum Gasteiger partial charge on any atom is 0.339 e. The first kappa shape index (κ1) is 18.9. The van der Waals surface area contributed by atoms with E-state index in [4.69, 9.17) is 0 Å². The first-order valence-electron chi connectivity index (χ1n) is 7.58. The van der Waals surface area contributed by atoms with E-state index in [0.717, 1.165) is 0 Å². The molecule has 0 unspecified atom stereocenters. The summed E-state index contributed by atoms with van der Waals surface area (Å²) in [7, 11) is -2.33. The lowest BCUT2D eigenvalue weighted by Crippen LogP contribution is -2.32. The second-order valence-corrected chi connectivity index (χ2v) is 7.55. The fraction of sp³-hybridized carbons (Fsp3) is 0.294. The Bertz CT molecular complexity index is 867. The van der Waals surface area contributed by atoms with Crippen molar-refractivity contribution in [2.45, 2.75) is 20.4 Å². The Morgan fingerprint density at radius 2 is 2.00 bits per heavy atom. The summed E-state index contributed by atoms with van der Waals surface area (Å²) in [5.41, 5.74) is 1.43. The largest absolute Gasteiger partial charge is 0.465 e. The maximum absolute atomic E-state index is 13.5. The molecule has 0 amide bonds. The predicted molar refractivity (Wildman–Crippen MR) is 92.4 cm³/mol. The molecule has 0 atom stereocenters. The summed E-state index contributed by atoms with van der Waals surface area (Å²) in [6.07, 6.45) is 1.33. The van der Waals surface area contributed by atoms with E-state index in [0.29, 0.717) is 16.9 Å². The number of hydrogen-bond donors (Lipinski definition) is 0. The van der Waals surface area contributed by atoms with Gasteiger partial charge in [0.05, 0.1) is 36.4 Å². The molecule has 134 valence electrons. The number of anilines is 1. The zero-order valence-corrected chi connectivity index (χ0v) is 15.0. The molecule has 0 spiro atoms. The van der Waals surface area contributed by atoms with Crippen LogP contribution in [0, 0.1) is 12.7 Å². The molecule has 6 nitrogen and oxygen atoms in total. The molecule has 1 heterocycles. The highest BCUT2D eigenvalue weighted by Gasteiger charge is 2.22. The minimum absolute atomic E-state index is 0.0251. The average Bonchev–Trinajstić information content (AvgIpc) is 2.61. The smallest absolute Gasteiger partial charge is 0.339 e. The number of benzene rings is 1. The maximum atomic E-state index is 13.5. The molecule has 2 rings (SSSR count). The van der Waals surface area contributed by atoms with E-state index < -0.39 is 21.8 Å². The molecule has 25 heavy (non-hydrogen) atoms. The van der Waals surface area contributed by atoms with Crippen LogP contribution in [0.1, 0.15) is 28.5 Å². The van der Waals surface area contributed by atoms with E-state index in [9.17, 15) is 17.6 Å². The standard InChI is InChI=1S/C17H19FN2O4S/c1-4-25(22,23)20(15-7-8-16(18)12(2)9-15)11-14-6-5-13(10-19-14)17(21)24-3/h5-10H,4,11H2,1-3H3. The monoisotopic (exact) mass is 366 g/mol. The third-order valence-electron chi connectivity index (χ3n) is 3.68. The molecule has 0 aliphatic rings. The van der Waals surface area contributed by atoms with Crippen LogP contribution in [-0.2, 0) is 21.3 Å². The topological polar surface area (TPSA) is 76.6 Å².